The van der Waals surface area contributed by atoms with Crippen LogP contribution in [0.2, 0.25) is 0 Å². The van der Waals surface area contributed by atoms with E-state index in [9.17, 15) is 0 Å². The van der Waals surface area contributed by atoms with Gasteiger partial charge in [0.25, 0.3) is 0 Å². The molecule has 1 aromatic heterocycles. The molecule has 0 aliphatic heterocycles. The standard InChI is InChI=1S/C16H29N3/c1-5-10-19-12-13(11-18-19)15(17-4)14-8-6-7-9-16(14,2)3/h11-12,14-15,17H,5-10H2,1-4H3. The van der Waals surface area contributed by atoms with Crippen molar-refractivity contribution in [1.82, 2.24) is 15.1 Å². The first kappa shape index (κ1) is 14.6. The van der Waals surface area contributed by atoms with Crippen LogP contribution in [0.15, 0.2) is 12.4 Å². The molecule has 1 aromatic rings. The molecule has 108 valence electrons. The van der Waals surface area contributed by atoms with Gasteiger partial charge in [0.2, 0.25) is 0 Å². The van der Waals surface area contributed by atoms with Crippen molar-refractivity contribution in [1.29, 1.82) is 0 Å². The Hall–Kier alpha value is -0.830. The van der Waals surface area contributed by atoms with Gasteiger partial charge in [-0.25, -0.2) is 0 Å². The Bertz CT molecular complexity index is 394. The van der Waals surface area contributed by atoms with Crippen molar-refractivity contribution in [3.05, 3.63) is 18.0 Å². The SMILES string of the molecule is CCCn1cc(C(NC)C2CCCCC2(C)C)cn1. The summed E-state index contributed by atoms with van der Waals surface area (Å²) in [7, 11) is 2.09. The summed E-state index contributed by atoms with van der Waals surface area (Å²) in [4.78, 5) is 0. The second kappa shape index (κ2) is 6.08. The molecule has 19 heavy (non-hydrogen) atoms. The smallest absolute Gasteiger partial charge is 0.0537 e. The number of aromatic nitrogens is 2. The van der Waals surface area contributed by atoms with Crippen LogP contribution in [0.1, 0.15) is 64.5 Å². The molecule has 1 aliphatic rings. The van der Waals surface area contributed by atoms with E-state index in [2.05, 4.69) is 55.3 Å². The molecule has 0 radical (unpaired) electrons. The largest absolute Gasteiger partial charge is 0.313 e. The van der Waals surface area contributed by atoms with Crippen molar-refractivity contribution < 1.29 is 0 Å². The Balaban J connectivity index is 2.17. The molecule has 0 amide bonds. The fourth-order valence-corrected chi connectivity index (χ4v) is 3.63. The molecule has 3 heteroatoms. The highest BCUT2D eigenvalue weighted by Crippen LogP contribution is 2.46. The fourth-order valence-electron chi connectivity index (χ4n) is 3.63. The topological polar surface area (TPSA) is 29.9 Å². The van der Waals surface area contributed by atoms with Crippen LogP contribution in [-0.2, 0) is 6.54 Å². The maximum atomic E-state index is 4.49. The van der Waals surface area contributed by atoms with Crippen molar-refractivity contribution >= 4 is 0 Å². The van der Waals surface area contributed by atoms with Gasteiger partial charge in [0, 0.05) is 24.3 Å². The first-order valence-corrected chi connectivity index (χ1v) is 7.78. The van der Waals surface area contributed by atoms with Gasteiger partial charge < -0.3 is 5.32 Å². The molecule has 0 spiro atoms. The number of hydrogen-bond donors (Lipinski definition) is 1. The van der Waals surface area contributed by atoms with Gasteiger partial charge in [0.15, 0.2) is 0 Å². The molecule has 2 rings (SSSR count). The summed E-state index contributed by atoms with van der Waals surface area (Å²) in [6.07, 6.45) is 10.9. The molecule has 0 aromatic carbocycles. The zero-order valence-corrected chi connectivity index (χ0v) is 12.9. The van der Waals surface area contributed by atoms with E-state index in [-0.39, 0.29) is 0 Å². The Morgan fingerprint density at radius 1 is 1.47 bits per heavy atom. The van der Waals surface area contributed by atoms with E-state index in [1.54, 1.807) is 0 Å². The monoisotopic (exact) mass is 263 g/mol. The molecule has 1 saturated carbocycles. The van der Waals surface area contributed by atoms with E-state index in [0.717, 1.165) is 13.0 Å². The van der Waals surface area contributed by atoms with Gasteiger partial charge >= 0.3 is 0 Å². The van der Waals surface area contributed by atoms with E-state index in [4.69, 9.17) is 0 Å². The third kappa shape index (κ3) is 3.19. The van der Waals surface area contributed by atoms with Crippen LogP contribution in [-0.4, -0.2) is 16.8 Å². The number of nitrogens with one attached hydrogen (secondary N) is 1. The maximum Gasteiger partial charge on any atom is 0.0537 e. The highest BCUT2D eigenvalue weighted by atomic mass is 15.3. The van der Waals surface area contributed by atoms with E-state index in [1.165, 1.54) is 31.2 Å². The molecule has 2 unspecified atom stereocenters. The first-order valence-electron chi connectivity index (χ1n) is 7.78. The third-order valence-corrected chi connectivity index (χ3v) is 4.77. The quantitative estimate of drug-likeness (QED) is 0.876. The lowest BCUT2D eigenvalue weighted by atomic mass is 9.65. The molecular weight excluding hydrogens is 234 g/mol. The van der Waals surface area contributed by atoms with E-state index in [1.807, 2.05) is 0 Å². The van der Waals surface area contributed by atoms with Crippen LogP contribution in [0, 0.1) is 11.3 Å². The van der Waals surface area contributed by atoms with Gasteiger partial charge in [-0.05, 0) is 37.6 Å². The summed E-state index contributed by atoms with van der Waals surface area (Å²) in [5.74, 6) is 0.713. The lowest BCUT2D eigenvalue weighted by Crippen LogP contribution is -2.37. The third-order valence-electron chi connectivity index (χ3n) is 4.77. The molecule has 1 heterocycles. The van der Waals surface area contributed by atoms with Crippen LogP contribution in [0.5, 0.6) is 0 Å². The van der Waals surface area contributed by atoms with Crippen molar-refractivity contribution in [3.8, 4) is 0 Å². The van der Waals surface area contributed by atoms with Gasteiger partial charge in [-0.1, -0.05) is 33.6 Å². The van der Waals surface area contributed by atoms with Crippen LogP contribution in [0.4, 0.5) is 0 Å². The van der Waals surface area contributed by atoms with Crippen molar-refractivity contribution in [2.45, 2.75) is 65.5 Å². The summed E-state index contributed by atoms with van der Waals surface area (Å²) in [6, 6.07) is 0.445. The lowest BCUT2D eigenvalue weighted by Gasteiger charge is -2.43. The molecular formula is C16H29N3. The minimum Gasteiger partial charge on any atom is -0.313 e. The highest BCUT2D eigenvalue weighted by molar-refractivity contribution is 5.13. The summed E-state index contributed by atoms with van der Waals surface area (Å²) in [6.45, 7) is 8.07. The van der Waals surface area contributed by atoms with Gasteiger partial charge in [0.05, 0.1) is 6.20 Å². The Labute approximate surface area is 117 Å². The van der Waals surface area contributed by atoms with Crippen LogP contribution in [0.3, 0.4) is 0 Å². The predicted molar refractivity (Wildman–Crippen MR) is 80.1 cm³/mol. The van der Waals surface area contributed by atoms with E-state index >= 15 is 0 Å². The second-order valence-electron chi connectivity index (χ2n) is 6.64. The summed E-state index contributed by atoms with van der Waals surface area (Å²) in [5, 5.41) is 8.04. The summed E-state index contributed by atoms with van der Waals surface area (Å²) >= 11 is 0. The van der Waals surface area contributed by atoms with Crippen molar-refractivity contribution in [3.63, 3.8) is 0 Å². The van der Waals surface area contributed by atoms with Crippen molar-refractivity contribution in [2.24, 2.45) is 11.3 Å². The van der Waals surface area contributed by atoms with Crippen LogP contribution >= 0.6 is 0 Å². The molecule has 1 fully saturated rings. The van der Waals surface area contributed by atoms with Crippen LogP contribution in [0.25, 0.3) is 0 Å². The Kier molecular flexibility index (Phi) is 4.67. The highest BCUT2D eigenvalue weighted by Gasteiger charge is 2.37. The maximum absolute atomic E-state index is 4.49. The first-order chi connectivity index (χ1) is 9.08. The minimum atomic E-state index is 0.429. The predicted octanol–water partition coefficient (Wildman–Crippen LogP) is 3.77. The number of rotatable bonds is 5. The molecule has 0 bridgehead atoms. The number of hydrogen-bond acceptors (Lipinski definition) is 2. The van der Waals surface area contributed by atoms with Gasteiger partial charge in [-0.2, -0.15) is 5.10 Å². The molecule has 3 nitrogen and oxygen atoms in total. The number of nitrogens with zero attached hydrogens (tertiary/aromatic N) is 2. The minimum absolute atomic E-state index is 0.429. The lowest BCUT2D eigenvalue weighted by molar-refractivity contribution is 0.101. The molecule has 1 aliphatic carbocycles. The average molecular weight is 263 g/mol. The molecule has 0 saturated heterocycles. The number of aryl methyl sites for hydroxylation is 1. The van der Waals surface area contributed by atoms with Crippen molar-refractivity contribution in [2.75, 3.05) is 7.05 Å². The normalized spacial score (nSPS) is 24.3. The van der Waals surface area contributed by atoms with E-state index in [0.29, 0.717) is 17.4 Å². The zero-order valence-electron chi connectivity index (χ0n) is 12.9. The Morgan fingerprint density at radius 3 is 2.89 bits per heavy atom. The van der Waals surface area contributed by atoms with Gasteiger partial charge in [-0.15, -0.1) is 0 Å². The van der Waals surface area contributed by atoms with E-state index < -0.39 is 0 Å². The molecule has 1 N–H and O–H groups in total. The fraction of sp³-hybridized carbons (Fsp3) is 0.812. The second-order valence-corrected chi connectivity index (χ2v) is 6.64. The average Bonchev–Trinajstić information content (AvgIpc) is 2.81. The summed E-state index contributed by atoms with van der Waals surface area (Å²) in [5.41, 5.74) is 1.79. The van der Waals surface area contributed by atoms with Gasteiger partial charge in [0.1, 0.15) is 0 Å². The van der Waals surface area contributed by atoms with Gasteiger partial charge in [-0.3, -0.25) is 4.68 Å². The zero-order chi connectivity index (χ0) is 13.9. The Morgan fingerprint density at radius 2 is 2.26 bits per heavy atom. The van der Waals surface area contributed by atoms with Crippen LogP contribution < -0.4 is 5.32 Å². The molecule has 2 atom stereocenters. The summed E-state index contributed by atoms with van der Waals surface area (Å²) < 4.78 is 2.08.